The molecule has 2 aromatic rings. The predicted octanol–water partition coefficient (Wildman–Crippen LogP) is 1.19. The number of rotatable bonds is 1. The molecule has 3 rings (SSSR count). The monoisotopic (exact) mass is 234 g/mol. The normalized spacial score (nSPS) is 14.4. The van der Waals surface area contributed by atoms with Gasteiger partial charge in [0.05, 0.1) is 13.2 Å². The van der Waals surface area contributed by atoms with Crippen molar-refractivity contribution in [2.45, 2.75) is 6.42 Å². The number of nitrogens with one attached hydrogen (secondary N) is 1. The molecule has 0 atom stereocenters. The zero-order valence-corrected chi connectivity index (χ0v) is 8.93. The van der Waals surface area contributed by atoms with E-state index in [1.807, 2.05) is 0 Å². The predicted molar refractivity (Wildman–Crippen MR) is 58.2 cm³/mol. The number of benzene rings is 1. The minimum Gasteiger partial charge on any atom is -0.490 e. The SMILES string of the molecule is O=c1[nH]c(-c2ccc3c(c2)OCCCO3)no1. The van der Waals surface area contributed by atoms with Gasteiger partial charge in [-0.1, -0.05) is 5.16 Å². The van der Waals surface area contributed by atoms with E-state index in [0.717, 1.165) is 12.0 Å². The summed E-state index contributed by atoms with van der Waals surface area (Å²) in [6.07, 6.45) is 0.852. The Balaban J connectivity index is 2.02. The summed E-state index contributed by atoms with van der Waals surface area (Å²) in [7, 11) is 0. The first kappa shape index (κ1) is 9.95. The number of fused-ring (bicyclic) bond motifs is 1. The molecule has 0 unspecified atom stereocenters. The molecular weight excluding hydrogens is 224 g/mol. The molecule has 17 heavy (non-hydrogen) atoms. The Hall–Kier alpha value is -2.24. The van der Waals surface area contributed by atoms with Crippen LogP contribution in [0.3, 0.4) is 0 Å². The van der Waals surface area contributed by atoms with Gasteiger partial charge in [-0.15, -0.1) is 0 Å². The molecule has 2 heterocycles. The Bertz CT molecular complexity index is 587. The lowest BCUT2D eigenvalue weighted by atomic mass is 10.2. The van der Waals surface area contributed by atoms with Gasteiger partial charge in [0, 0.05) is 12.0 Å². The van der Waals surface area contributed by atoms with Crippen LogP contribution < -0.4 is 15.2 Å². The van der Waals surface area contributed by atoms with Crippen LogP contribution in [0, 0.1) is 0 Å². The van der Waals surface area contributed by atoms with Gasteiger partial charge in [-0.05, 0) is 18.2 Å². The molecule has 1 aromatic heterocycles. The van der Waals surface area contributed by atoms with E-state index in [4.69, 9.17) is 9.47 Å². The van der Waals surface area contributed by atoms with Gasteiger partial charge < -0.3 is 9.47 Å². The van der Waals surface area contributed by atoms with Crippen molar-refractivity contribution in [1.82, 2.24) is 10.1 Å². The third kappa shape index (κ3) is 1.89. The molecule has 1 aliphatic rings. The average Bonchev–Trinajstić information content (AvgIpc) is 2.64. The van der Waals surface area contributed by atoms with Crippen LogP contribution in [0.1, 0.15) is 6.42 Å². The maximum atomic E-state index is 10.9. The summed E-state index contributed by atoms with van der Waals surface area (Å²) in [5.41, 5.74) is 0.722. The summed E-state index contributed by atoms with van der Waals surface area (Å²) >= 11 is 0. The smallest absolute Gasteiger partial charge is 0.439 e. The van der Waals surface area contributed by atoms with Gasteiger partial charge in [-0.2, -0.15) is 0 Å². The largest absolute Gasteiger partial charge is 0.490 e. The van der Waals surface area contributed by atoms with Crippen molar-refractivity contribution in [2.75, 3.05) is 13.2 Å². The van der Waals surface area contributed by atoms with E-state index in [1.165, 1.54) is 0 Å². The lowest BCUT2D eigenvalue weighted by Crippen LogP contribution is -1.97. The number of H-pyrrole nitrogens is 1. The Morgan fingerprint density at radius 1 is 1.18 bits per heavy atom. The zero-order valence-electron chi connectivity index (χ0n) is 8.93. The molecule has 1 N–H and O–H groups in total. The maximum absolute atomic E-state index is 10.9. The molecule has 0 bridgehead atoms. The van der Waals surface area contributed by atoms with E-state index in [0.29, 0.717) is 30.5 Å². The minimum atomic E-state index is -0.577. The first-order chi connectivity index (χ1) is 8.33. The van der Waals surface area contributed by atoms with E-state index in [-0.39, 0.29) is 0 Å². The van der Waals surface area contributed by atoms with Crippen LogP contribution in [0.15, 0.2) is 27.5 Å². The fourth-order valence-electron chi connectivity index (χ4n) is 1.66. The number of hydrogen-bond donors (Lipinski definition) is 1. The van der Waals surface area contributed by atoms with Gasteiger partial charge in [0.25, 0.3) is 0 Å². The van der Waals surface area contributed by atoms with Crippen LogP contribution in [-0.2, 0) is 0 Å². The fraction of sp³-hybridized carbons (Fsp3) is 0.273. The molecule has 0 fully saturated rings. The van der Waals surface area contributed by atoms with Crippen molar-refractivity contribution >= 4 is 0 Å². The van der Waals surface area contributed by atoms with E-state index in [9.17, 15) is 4.79 Å². The van der Waals surface area contributed by atoms with Gasteiger partial charge in [0.15, 0.2) is 17.3 Å². The van der Waals surface area contributed by atoms with E-state index >= 15 is 0 Å². The summed E-state index contributed by atoms with van der Waals surface area (Å²) in [5, 5.41) is 3.62. The molecule has 0 spiro atoms. The van der Waals surface area contributed by atoms with Crippen LogP contribution in [0.25, 0.3) is 11.4 Å². The first-order valence-electron chi connectivity index (χ1n) is 5.29. The highest BCUT2D eigenvalue weighted by molar-refractivity contribution is 5.60. The molecule has 6 heteroatoms. The highest BCUT2D eigenvalue weighted by Crippen LogP contribution is 2.32. The Kier molecular flexibility index (Phi) is 2.32. The summed E-state index contributed by atoms with van der Waals surface area (Å²) in [6, 6.07) is 5.36. The quantitative estimate of drug-likeness (QED) is 0.801. The molecule has 0 saturated heterocycles. The van der Waals surface area contributed by atoms with Crippen LogP contribution in [0.2, 0.25) is 0 Å². The van der Waals surface area contributed by atoms with E-state index in [2.05, 4.69) is 14.7 Å². The van der Waals surface area contributed by atoms with Crippen molar-refractivity contribution in [1.29, 1.82) is 0 Å². The van der Waals surface area contributed by atoms with Crippen molar-refractivity contribution in [3.63, 3.8) is 0 Å². The van der Waals surface area contributed by atoms with E-state index in [1.54, 1.807) is 18.2 Å². The highest BCUT2D eigenvalue weighted by atomic mass is 16.5. The molecule has 1 aromatic carbocycles. The second-order valence-electron chi connectivity index (χ2n) is 3.66. The number of hydrogen-bond acceptors (Lipinski definition) is 5. The van der Waals surface area contributed by atoms with Gasteiger partial charge >= 0.3 is 5.76 Å². The summed E-state index contributed by atoms with van der Waals surface area (Å²) < 4.78 is 15.5. The molecule has 6 nitrogen and oxygen atoms in total. The topological polar surface area (TPSA) is 77.4 Å². The van der Waals surface area contributed by atoms with Crippen molar-refractivity contribution in [3.8, 4) is 22.9 Å². The second-order valence-corrected chi connectivity index (χ2v) is 3.66. The number of ether oxygens (including phenoxy) is 2. The molecule has 0 radical (unpaired) electrons. The van der Waals surface area contributed by atoms with Gasteiger partial charge in [-0.25, -0.2) is 4.79 Å². The van der Waals surface area contributed by atoms with Crippen LogP contribution in [0.5, 0.6) is 11.5 Å². The molecule has 1 aliphatic heterocycles. The fourth-order valence-corrected chi connectivity index (χ4v) is 1.66. The summed E-state index contributed by atoms with van der Waals surface area (Å²) in [5.74, 6) is 1.17. The van der Waals surface area contributed by atoms with Crippen molar-refractivity contribution < 1.29 is 14.0 Å². The lowest BCUT2D eigenvalue weighted by Gasteiger charge is -2.07. The van der Waals surface area contributed by atoms with E-state index < -0.39 is 5.76 Å². The third-order valence-corrected chi connectivity index (χ3v) is 2.46. The molecular formula is C11H10N2O4. The zero-order chi connectivity index (χ0) is 11.7. The number of aromatic nitrogens is 2. The number of aromatic amines is 1. The molecule has 0 aliphatic carbocycles. The highest BCUT2D eigenvalue weighted by Gasteiger charge is 2.13. The Morgan fingerprint density at radius 2 is 2.00 bits per heavy atom. The summed E-state index contributed by atoms with van der Waals surface area (Å²) in [6.45, 7) is 1.26. The molecule has 88 valence electrons. The minimum absolute atomic E-state index is 0.380. The maximum Gasteiger partial charge on any atom is 0.439 e. The Labute approximate surface area is 96.2 Å². The van der Waals surface area contributed by atoms with Crippen molar-refractivity contribution in [3.05, 3.63) is 28.7 Å². The van der Waals surface area contributed by atoms with Gasteiger partial charge in [-0.3, -0.25) is 9.51 Å². The molecule has 0 amide bonds. The van der Waals surface area contributed by atoms with Gasteiger partial charge in [0.2, 0.25) is 0 Å². The first-order valence-corrected chi connectivity index (χ1v) is 5.29. The van der Waals surface area contributed by atoms with Gasteiger partial charge in [0.1, 0.15) is 0 Å². The van der Waals surface area contributed by atoms with Crippen LogP contribution in [-0.4, -0.2) is 23.4 Å². The second kappa shape index (κ2) is 3.97. The van der Waals surface area contributed by atoms with Crippen LogP contribution in [0.4, 0.5) is 0 Å². The number of nitrogens with zero attached hydrogens (tertiary/aromatic N) is 1. The lowest BCUT2D eigenvalue weighted by molar-refractivity contribution is 0.297. The van der Waals surface area contributed by atoms with Crippen LogP contribution >= 0.6 is 0 Å². The standard InChI is InChI=1S/C11H10N2O4/c14-11-12-10(13-17-11)7-2-3-8-9(6-7)16-5-1-4-15-8/h2-3,6H,1,4-5H2,(H,12,13,14). The van der Waals surface area contributed by atoms with Crippen molar-refractivity contribution in [2.24, 2.45) is 0 Å². The average molecular weight is 234 g/mol. The summed E-state index contributed by atoms with van der Waals surface area (Å²) in [4.78, 5) is 13.4. The Morgan fingerprint density at radius 3 is 2.76 bits per heavy atom. The third-order valence-electron chi connectivity index (χ3n) is 2.46. The molecule has 0 saturated carbocycles.